The van der Waals surface area contributed by atoms with Crippen molar-refractivity contribution in [2.24, 2.45) is 10.7 Å². The highest BCUT2D eigenvalue weighted by Crippen LogP contribution is 2.12. The second-order valence-electron chi connectivity index (χ2n) is 5.16. The van der Waals surface area contributed by atoms with Crippen LogP contribution in [0.2, 0.25) is 0 Å². The van der Waals surface area contributed by atoms with Crippen LogP contribution in [0.3, 0.4) is 0 Å². The number of rotatable bonds is 0. The molecule has 0 radical (unpaired) electrons. The largest absolute Gasteiger partial charge is 0.444 e. The van der Waals surface area contributed by atoms with E-state index in [4.69, 9.17) is 10.5 Å². The van der Waals surface area contributed by atoms with E-state index in [9.17, 15) is 4.79 Å². The summed E-state index contributed by atoms with van der Waals surface area (Å²) in [4.78, 5) is 17.7. The predicted octanol–water partition coefficient (Wildman–Crippen LogP) is 1.37. The molecule has 1 atom stereocenters. The van der Waals surface area contributed by atoms with Gasteiger partial charge in [-0.1, -0.05) is 0 Å². The van der Waals surface area contributed by atoms with Gasteiger partial charge >= 0.3 is 6.09 Å². The summed E-state index contributed by atoms with van der Waals surface area (Å²) >= 11 is 0. The van der Waals surface area contributed by atoms with Crippen LogP contribution >= 0.6 is 0 Å². The third-order valence-electron chi connectivity index (χ3n) is 2.21. The molecule has 5 heteroatoms. The zero-order valence-corrected chi connectivity index (χ0v) is 10.5. The Balaban J connectivity index is 2.61. The standard InChI is InChI=1S/C11H21N3O2/c1-8-5-6-14(7-9(12)13-8)10(15)16-11(2,3)4/h8H,5-7H2,1-4H3,(H2,12,13). The highest BCUT2D eigenvalue weighted by Gasteiger charge is 2.24. The monoisotopic (exact) mass is 227 g/mol. The molecule has 1 rings (SSSR count). The van der Waals surface area contributed by atoms with Gasteiger partial charge in [0.2, 0.25) is 0 Å². The van der Waals surface area contributed by atoms with E-state index < -0.39 is 5.60 Å². The minimum absolute atomic E-state index is 0.174. The van der Waals surface area contributed by atoms with Crippen molar-refractivity contribution in [3.8, 4) is 0 Å². The summed E-state index contributed by atoms with van der Waals surface area (Å²) < 4.78 is 5.29. The Morgan fingerprint density at radius 2 is 2.19 bits per heavy atom. The van der Waals surface area contributed by atoms with Crippen LogP contribution < -0.4 is 5.73 Å². The maximum absolute atomic E-state index is 11.8. The van der Waals surface area contributed by atoms with E-state index in [2.05, 4.69) is 4.99 Å². The number of hydrogen-bond acceptors (Lipinski definition) is 4. The van der Waals surface area contributed by atoms with Crippen molar-refractivity contribution in [1.29, 1.82) is 0 Å². The first kappa shape index (κ1) is 12.8. The molecule has 1 amide bonds. The molecular weight excluding hydrogens is 206 g/mol. The Morgan fingerprint density at radius 1 is 1.56 bits per heavy atom. The van der Waals surface area contributed by atoms with Crippen molar-refractivity contribution < 1.29 is 9.53 Å². The summed E-state index contributed by atoms with van der Waals surface area (Å²) in [7, 11) is 0. The van der Waals surface area contributed by atoms with E-state index in [0.717, 1.165) is 6.42 Å². The number of ether oxygens (including phenoxy) is 1. The van der Waals surface area contributed by atoms with E-state index in [0.29, 0.717) is 18.9 Å². The summed E-state index contributed by atoms with van der Waals surface area (Å²) in [6.45, 7) is 8.54. The number of nitrogens with zero attached hydrogens (tertiary/aromatic N) is 2. The number of amidine groups is 1. The van der Waals surface area contributed by atoms with Crippen molar-refractivity contribution in [3.63, 3.8) is 0 Å². The molecule has 0 aliphatic carbocycles. The number of carbonyl (C=O) groups excluding carboxylic acids is 1. The van der Waals surface area contributed by atoms with Crippen LogP contribution in [0.5, 0.6) is 0 Å². The number of carbonyl (C=O) groups is 1. The molecule has 0 aromatic heterocycles. The molecule has 5 nitrogen and oxygen atoms in total. The molecule has 16 heavy (non-hydrogen) atoms. The first-order valence-corrected chi connectivity index (χ1v) is 5.58. The average Bonchev–Trinajstić information content (AvgIpc) is 2.23. The van der Waals surface area contributed by atoms with E-state index >= 15 is 0 Å². The maximum atomic E-state index is 11.8. The van der Waals surface area contributed by atoms with Crippen molar-refractivity contribution in [2.75, 3.05) is 13.1 Å². The van der Waals surface area contributed by atoms with Gasteiger partial charge in [0.1, 0.15) is 11.4 Å². The highest BCUT2D eigenvalue weighted by molar-refractivity contribution is 5.86. The summed E-state index contributed by atoms with van der Waals surface area (Å²) in [5.41, 5.74) is 5.25. The summed E-state index contributed by atoms with van der Waals surface area (Å²) in [5.74, 6) is 0.496. The van der Waals surface area contributed by atoms with Crippen LogP contribution in [-0.4, -0.2) is 41.6 Å². The number of aliphatic imine (C=N–C) groups is 1. The first-order valence-electron chi connectivity index (χ1n) is 5.58. The zero-order valence-electron chi connectivity index (χ0n) is 10.5. The second-order valence-corrected chi connectivity index (χ2v) is 5.16. The fourth-order valence-corrected chi connectivity index (χ4v) is 1.49. The van der Waals surface area contributed by atoms with Crippen LogP contribution in [0.15, 0.2) is 4.99 Å². The first-order chi connectivity index (χ1) is 7.28. The molecule has 1 unspecified atom stereocenters. The molecule has 0 saturated carbocycles. The number of amides is 1. The summed E-state index contributed by atoms with van der Waals surface area (Å²) in [6.07, 6.45) is 0.500. The van der Waals surface area contributed by atoms with E-state index in [1.165, 1.54) is 0 Å². The van der Waals surface area contributed by atoms with Gasteiger partial charge in [-0.2, -0.15) is 0 Å². The van der Waals surface area contributed by atoms with Gasteiger partial charge in [-0.15, -0.1) is 0 Å². The van der Waals surface area contributed by atoms with Gasteiger partial charge in [0.05, 0.1) is 12.6 Å². The molecule has 1 heterocycles. The normalized spacial score (nSPS) is 22.4. The highest BCUT2D eigenvalue weighted by atomic mass is 16.6. The lowest BCUT2D eigenvalue weighted by Gasteiger charge is -2.26. The van der Waals surface area contributed by atoms with E-state index in [1.54, 1.807) is 4.90 Å². The molecule has 0 bridgehead atoms. The quantitative estimate of drug-likeness (QED) is 0.679. The Hall–Kier alpha value is -1.26. The van der Waals surface area contributed by atoms with Gasteiger partial charge in [0.15, 0.2) is 0 Å². The Morgan fingerprint density at radius 3 is 2.75 bits per heavy atom. The van der Waals surface area contributed by atoms with E-state index in [-0.39, 0.29) is 12.1 Å². The Bertz CT molecular complexity index is 294. The fourth-order valence-electron chi connectivity index (χ4n) is 1.49. The van der Waals surface area contributed by atoms with Gasteiger partial charge in [-0.05, 0) is 34.1 Å². The predicted molar refractivity (Wildman–Crippen MR) is 63.5 cm³/mol. The van der Waals surface area contributed by atoms with Gasteiger partial charge < -0.3 is 15.4 Å². The molecule has 1 aliphatic heterocycles. The zero-order chi connectivity index (χ0) is 12.3. The van der Waals surface area contributed by atoms with Gasteiger partial charge in [-0.25, -0.2) is 4.79 Å². The molecule has 0 saturated heterocycles. The molecule has 2 N–H and O–H groups in total. The Kier molecular flexibility index (Phi) is 3.78. The third-order valence-corrected chi connectivity index (χ3v) is 2.21. The van der Waals surface area contributed by atoms with Crippen molar-refractivity contribution >= 4 is 11.9 Å². The molecule has 0 fully saturated rings. The van der Waals surface area contributed by atoms with Crippen LogP contribution in [0, 0.1) is 0 Å². The van der Waals surface area contributed by atoms with Crippen LogP contribution in [0.1, 0.15) is 34.1 Å². The van der Waals surface area contributed by atoms with E-state index in [1.807, 2.05) is 27.7 Å². The number of hydrogen-bond donors (Lipinski definition) is 1. The molecule has 0 spiro atoms. The van der Waals surface area contributed by atoms with Gasteiger partial charge in [0, 0.05) is 6.54 Å². The number of nitrogens with two attached hydrogens (primary N) is 1. The third kappa shape index (κ3) is 4.08. The second kappa shape index (κ2) is 4.72. The Labute approximate surface area is 96.7 Å². The lowest BCUT2D eigenvalue weighted by Crippen LogP contribution is -2.41. The molecule has 1 aliphatic rings. The van der Waals surface area contributed by atoms with Crippen LogP contribution in [0.4, 0.5) is 4.79 Å². The van der Waals surface area contributed by atoms with Crippen molar-refractivity contribution in [2.45, 2.75) is 45.8 Å². The minimum atomic E-state index is -0.471. The van der Waals surface area contributed by atoms with Crippen LogP contribution in [0.25, 0.3) is 0 Å². The van der Waals surface area contributed by atoms with Gasteiger partial charge in [0.25, 0.3) is 0 Å². The maximum Gasteiger partial charge on any atom is 0.410 e. The summed E-state index contributed by atoms with van der Waals surface area (Å²) in [6, 6.07) is 0.174. The smallest absolute Gasteiger partial charge is 0.410 e. The topological polar surface area (TPSA) is 67.9 Å². The SMILES string of the molecule is CC1CCN(C(=O)OC(C)(C)C)CC(N)=N1. The lowest BCUT2D eigenvalue weighted by molar-refractivity contribution is 0.0279. The minimum Gasteiger partial charge on any atom is -0.444 e. The van der Waals surface area contributed by atoms with Crippen molar-refractivity contribution in [3.05, 3.63) is 0 Å². The van der Waals surface area contributed by atoms with Crippen LogP contribution in [-0.2, 0) is 4.74 Å². The lowest BCUT2D eigenvalue weighted by atomic mass is 10.2. The molecule has 92 valence electrons. The molecule has 0 aromatic carbocycles. The average molecular weight is 227 g/mol. The summed E-state index contributed by atoms with van der Waals surface area (Å²) in [5, 5.41) is 0. The van der Waals surface area contributed by atoms with Crippen molar-refractivity contribution in [1.82, 2.24) is 4.90 Å². The molecule has 0 aromatic rings. The van der Waals surface area contributed by atoms with Gasteiger partial charge in [-0.3, -0.25) is 4.99 Å². The fraction of sp³-hybridized carbons (Fsp3) is 0.818. The molecular formula is C11H21N3O2.